The van der Waals surface area contributed by atoms with Crippen LogP contribution < -0.4 is 14.2 Å². The average molecular weight is 520 g/mol. The number of carbonyl (C=O) groups is 1. The van der Waals surface area contributed by atoms with Crippen LogP contribution in [0.1, 0.15) is 29.2 Å². The van der Waals surface area contributed by atoms with Gasteiger partial charge in [-0.1, -0.05) is 72.5 Å². The number of hydrogen-bond donors (Lipinski definition) is 0. The van der Waals surface area contributed by atoms with Gasteiger partial charge < -0.3 is 14.2 Å². The minimum Gasteiger partial charge on any atom is -0.490 e. The van der Waals surface area contributed by atoms with Gasteiger partial charge in [-0.2, -0.15) is 0 Å². The Kier molecular flexibility index (Phi) is 8.67. The van der Waals surface area contributed by atoms with Crippen molar-refractivity contribution in [3.63, 3.8) is 0 Å². The number of amides is 1. The van der Waals surface area contributed by atoms with Crippen LogP contribution in [-0.2, 0) is 11.3 Å². The molecule has 7 heteroatoms. The van der Waals surface area contributed by atoms with Crippen molar-refractivity contribution in [2.24, 2.45) is 0 Å². The lowest BCUT2D eigenvalue weighted by molar-refractivity contribution is -0.122. The summed E-state index contributed by atoms with van der Waals surface area (Å²) in [5, 5.41) is 0. The summed E-state index contributed by atoms with van der Waals surface area (Å²) < 4.78 is 18.2. The topological polar surface area (TPSA) is 48.0 Å². The van der Waals surface area contributed by atoms with Gasteiger partial charge in [0, 0.05) is 0 Å². The summed E-state index contributed by atoms with van der Waals surface area (Å²) in [5.74, 6) is 2.03. The molecule has 3 aromatic rings. The molecule has 36 heavy (non-hydrogen) atoms. The molecule has 4 rings (SSSR count). The minimum absolute atomic E-state index is 0.0873. The second kappa shape index (κ2) is 12.1. The number of aryl methyl sites for hydroxylation is 2. The molecule has 1 aliphatic rings. The van der Waals surface area contributed by atoms with Crippen molar-refractivity contribution in [3.05, 3.63) is 93.9 Å². The second-order valence-electron chi connectivity index (χ2n) is 8.36. The lowest BCUT2D eigenvalue weighted by Gasteiger charge is -2.14. The smallest absolute Gasteiger partial charge is 0.266 e. The first-order valence-corrected chi connectivity index (χ1v) is 13.1. The molecule has 0 saturated carbocycles. The standard InChI is InChI=1S/C29H29NO4S2/c1-4-32-26-17-23(12-13-24(26)33-14-15-34-25-16-20(2)10-11-21(25)3)18-27-28(31)30(29(35)36-27)19-22-8-6-5-7-9-22/h5-13,16-18H,4,14-15,19H2,1-3H3. The molecule has 1 saturated heterocycles. The minimum atomic E-state index is -0.0873. The third kappa shape index (κ3) is 6.47. The molecule has 0 aliphatic carbocycles. The molecule has 0 bridgehead atoms. The van der Waals surface area contributed by atoms with E-state index in [4.69, 9.17) is 26.4 Å². The van der Waals surface area contributed by atoms with Gasteiger partial charge in [-0.25, -0.2) is 0 Å². The van der Waals surface area contributed by atoms with Gasteiger partial charge >= 0.3 is 0 Å². The van der Waals surface area contributed by atoms with E-state index in [2.05, 4.69) is 6.07 Å². The number of ether oxygens (including phenoxy) is 3. The Morgan fingerprint density at radius 2 is 1.64 bits per heavy atom. The Hall–Kier alpha value is -3.29. The summed E-state index contributed by atoms with van der Waals surface area (Å²) in [6.07, 6.45) is 1.85. The summed E-state index contributed by atoms with van der Waals surface area (Å²) in [6, 6.07) is 21.6. The van der Waals surface area contributed by atoms with Crippen molar-refractivity contribution in [1.29, 1.82) is 0 Å². The lowest BCUT2D eigenvalue weighted by Crippen LogP contribution is -2.27. The van der Waals surface area contributed by atoms with Crippen LogP contribution in [0.3, 0.4) is 0 Å². The molecule has 1 heterocycles. The highest BCUT2D eigenvalue weighted by Gasteiger charge is 2.32. The van der Waals surface area contributed by atoms with E-state index in [0.717, 1.165) is 28.0 Å². The van der Waals surface area contributed by atoms with Crippen LogP contribution in [0.5, 0.6) is 17.2 Å². The largest absolute Gasteiger partial charge is 0.490 e. The molecule has 5 nitrogen and oxygen atoms in total. The maximum Gasteiger partial charge on any atom is 0.266 e. The first kappa shape index (κ1) is 25.8. The third-order valence-corrected chi connectivity index (χ3v) is 6.94. The monoisotopic (exact) mass is 519 g/mol. The highest BCUT2D eigenvalue weighted by Crippen LogP contribution is 2.35. The van der Waals surface area contributed by atoms with Crippen molar-refractivity contribution < 1.29 is 19.0 Å². The third-order valence-electron chi connectivity index (χ3n) is 5.56. The summed E-state index contributed by atoms with van der Waals surface area (Å²) in [5.41, 5.74) is 4.13. The van der Waals surface area contributed by atoms with Gasteiger partial charge in [0.15, 0.2) is 11.5 Å². The van der Waals surface area contributed by atoms with Gasteiger partial charge in [-0.15, -0.1) is 0 Å². The van der Waals surface area contributed by atoms with Gasteiger partial charge in [0.1, 0.15) is 23.3 Å². The van der Waals surface area contributed by atoms with E-state index < -0.39 is 0 Å². The Balaban J connectivity index is 1.41. The quantitative estimate of drug-likeness (QED) is 0.172. The van der Waals surface area contributed by atoms with Gasteiger partial charge in [-0.3, -0.25) is 9.69 Å². The van der Waals surface area contributed by atoms with Crippen LogP contribution in [0.25, 0.3) is 6.08 Å². The first-order chi connectivity index (χ1) is 17.4. The van der Waals surface area contributed by atoms with Crippen molar-refractivity contribution in [3.8, 4) is 17.2 Å². The van der Waals surface area contributed by atoms with Crippen molar-refractivity contribution in [1.82, 2.24) is 4.90 Å². The van der Waals surface area contributed by atoms with Gasteiger partial charge in [0.05, 0.1) is 18.1 Å². The Morgan fingerprint density at radius 3 is 2.39 bits per heavy atom. The fourth-order valence-corrected chi connectivity index (χ4v) is 4.98. The zero-order valence-electron chi connectivity index (χ0n) is 20.7. The summed E-state index contributed by atoms with van der Waals surface area (Å²) in [4.78, 5) is 15.2. The number of carbonyl (C=O) groups excluding carboxylic acids is 1. The Morgan fingerprint density at radius 1 is 0.889 bits per heavy atom. The Labute approximate surface area is 222 Å². The SMILES string of the molecule is CCOc1cc(C=C2SC(=S)N(Cc3ccccc3)C2=O)ccc1OCCOc1cc(C)ccc1C. The molecule has 1 aliphatic heterocycles. The molecular formula is C29H29NO4S2. The highest BCUT2D eigenvalue weighted by molar-refractivity contribution is 8.26. The molecule has 1 amide bonds. The van der Waals surface area contributed by atoms with E-state index >= 15 is 0 Å². The van der Waals surface area contributed by atoms with E-state index in [1.165, 1.54) is 11.8 Å². The van der Waals surface area contributed by atoms with Crippen LogP contribution >= 0.6 is 24.0 Å². The number of thioether (sulfide) groups is 1. The van der Waals surface area contributed by atoms with Gasteiger partial charge in [0.2, 0.25) is 0 Å². The van der Waals surface area contributed by atoms with E-state index in [1.807, 2.05) is 87.5 Å². The van der Waals surface area contributed by atoms with Gasteiger partial charge in [0.25, 0.3) is 5.91 Å². The molecular weight excluding hydrogens is 490 g/mol. The lowest BCUT2D eigenvalue weighted by atomic mass is 10.1. The Bertz CT molecular complexity index is 1270. The van der Waals surface area contributed by atoms with E-state index in [-0.39, 0.29) is 5.91 Å². The predicted octanol–water partition coefficient (Wildman–Crippen LogP) is 6.56. The zero-order valence-corrected chi connectivity index (χ0v) is 22.3. The molecule has 3 aromatic carbocycles. The second-order valence-corrected chi connectivity index (χ2v) is 10.0. The van der Waals surface area contributed by atoms with Crippen molar-refractivity contribution >= 4 is 40.3 Å². The maximum absolute atomic E-state index is 13.0. The molecule has 0 N–H and O–H groups in total. The summed E-state index contributed by atoms with van der Waals surface area (Å²) in [7, 11) is 0. The molecule has 0 atom stereocenters. The number of thiocarbonyl (C=S) groups is 1. The van der Waals surface area contributed by atoms with E-state index in [9.17, 15) is 4.79 Å². The normalized spacial score (nSPS) is 14.4. The number of rotatable bonds is 10. The number of hydrogen-bond acceptors (Lipinski definition) is 6. The predicted molar refractivity (Wildman–Crippen MR) is 150 cm³/mol. The molecule has 0 unspecified atom stereocenters. The van der Waals surface area contributed by atoms with Crippen molar-refractivity contribution in [2.45, 2.75) is 27.3 Å². The van der Waals surface area contributed by atoms with E-state index in [1.54, 1.807) is 4.90 Å². The maximum atomic E-state index is 13.0. The van der Waals surface area contributed by atoms with Crippen LogP contribution in [-0.4, -0.2) is 34.9 Å². The first-order valence-electron chi connectivity index (χ1n) is 11.8. The van der Waals surface area contributed by atoms with E-state index in [0.29, 0.717) is 47.1 Å². The summed E-state index contributed by atoms with van der Waals surface area (Å²) >= 11 is 6.79. The summed E-state index contributed by atoms with van der Waals surface area (Å²) in [6.45, 7) is 7.75. The van der Waals surface area contributed by atoms with Crippen LogP contribution in [0.15, 0.2) is 71.6 Å². The van der Waals surface area contributed by atoms with Gasteiger partial charge in [-0.05, 0) is 67.3 Å². The average Bonchev–Trinajstić information content (AvgIpc) is 3.13. The van der Waals surface area contributed by atoms with Crippen LogP contribution in [0.2, 0.25) is 0 Å². The van der Waals surface area contributed by atoms with Crippen molar-refractivity contribution in [2.75, 3.05) is 19.8 Å². The zero-order chi connectivity index (χ0) is 25.5. The molecule has 186 valence electrons. The highest BCUT2D eigenvalue weighted by atomic mass is 32.2. The van der Waals surface area contributed by atoms with Crippen LogP contribution in [0, 0.1) is 13.8 Å². The fourth-order valence-electron chi connectivity index (χ4n) is 3.72. The number of benzene rings is 3. The molecule has 0 spiro atoms. The van der Waals surface area contributed by atoms with Crippen LogP contribution in [0.4, 0.5) is 0 Å². The molecule has 0 radical (unpaired) electrons. The number of nitrogens with zero attached hydrogens (tertiary/aromatic N) is 1. The molecule has 0 aromatic heterocycles. The fraction of sp³-hybridized carbons (Fsp3) is 0.241. The molecule has 1 fully saturated rings.